The minimum atomic E-state index is 0.529. The van der Waals surface area contributed by atoms with Crippen LogP contribution in [0.25, 0.3) is 0 Å². The van der Waals surface area contributed by atoms with E-state index in [9.17, 15) is 0 Å². The number of hydrogen-bond donors (Lipinski definition) is 0. The van der Waals surface area contributed by atoms with E-state index in [2.05, 4.69) is 13.0 Å². The third-order valence-corrected chi connectivity index (χ3v) is 4.37. The minimum Gasteiger partial charge on any atom is -0.492 e. The van der Waals surface area contributed by atoms with Crippen LogP contribution in [-0.2, 0) is 0 Å². The second-order valence-electron chi connectivity index (χ2n) is 5.36. The summed E-state index contributed by atoms with van der Waals surface area (Å²) < 4.78 is 5.80. The summed E-state index contributed by atoms with van der Waals surface area (Å²) in [5.41, 5.74) is 0.570. The fourth-order valence-corrected chi connectivity index (χ4v) is 2.94. The predicted octanol–water partition coefficient (Wildman–Crippen LogP) is 4.81. The summed E-state index contributed by atoms with van der Waals surface area (Å²) in [6, 6.07) is 7.26. The van der Waals surface area contributed by atoms with E-state index in [1.54, 1.807) is 18.2 Å². The van der Waals surface area contributed by atoms with Gasteiger partial charge >= 0.3 is 0 Å². The highest BCUT2D eigenvalue weighted by Crippen LogP contribution is 2.32. The maximum Gasteiger partial charge on any atom is 0.137 e. The summed E-state index contributed by atoms with van der Waals surface area (Å²) in [6.07, 6.45) is 6.46. The van der Waals surface area contributed by atoms with E-state index in [4.69, 9.17) is 21.6 Å². The molecule has 0 saturated heterocycles. The largest absolute Gasteiger partial charge is 0.492 e. The zero-order chi connectivity index (χ0) is 13.7. The molecule has 0 bridgehead atoms. The molecule has 1 aliphatic carbocycles. The maximum absolute atomic E-state index is 8.79. The highest BCUT2D eigenvalue weighted by atomic mass is 35.5. The number of benzene rings is 1. The van der Waals surface area contributed by atoms with Gasteiger partial charge in [0.05, 0.1) is 23.3 Å². The fourth-order valence-electron chi connectivity index (χ4n) is 2.70. The van der Waals surface area contributed by atoms with Crippen LogP contribution < -0.4 is 4.74 Å². The zero-order valence-corrected chi connectivity index (χ0v) is 12.1. The summed E-state index contributed by atoms with van der Waals surface area (Å²) in [4.78, 5) is 0. The molecule has 0 aliphatic heterocycles. The summed E-state index contributed by atoms with van der Waals surface area (Å²) >= 11 is 6.10. The van der Waals surface area contributed by atoms with Crippen LogP contribution in [0.5, 0.6) is 5.75 Å². The monoisotopic (exact) mass is 277 g/mol. The molecule has 1 fully saturated rings. The van der Waals surface area contributed by atoms with Crippen molar-refractivity contribution >= 4 is 11.6 Å². The molecule has 1 aliphatic rings. The molecular weight excluding hydrogens is 258 g/mol. The summed E-state index contributed by atoms with van der Waals surface area (Å²) in [5.74, 6) is 2.25. The number of halogens is 1. The Morgan fingerprint density at radius 2 is 1.95 bits per heavy atom. The van der Waals surface area contributed by atoms with Gasteiger partial charge in [-0.05, 0) is 42.9 Å². The van der Waals surface area contributed by atoms with E-state index >= 15 is 0 Å². The number of nitriles is 1. The standard InChI is InChI=1S/C16H20ClNO/c1-2-12-3-5-13(6-4-12)11-19-16-8-7-14(10-18)9-15(16)17/h7-9,12-13H,2-6,11H2,1H3. The van der Waals surface area contributed by atoms with E-state index < -0.39 is 0 Å². The quantitative estimate of drug-likeness (QED) is 0.791. The van der Waals surface area contributed by atoms with Crippen molar-refractivity contribution in [2.45, 2.75) is 39.0 Å². The predicted molar refractivity (Wildman–Crippen MR) is 77.4 cm³/mol. The van der Waals surface area contributed by atoms with Gasteiger partial charge in [-0.25, -0.2) is 0 Å². The smallest absolute Gasteiger partial charge is 0.137 e. The first-order valence-corrected chi connectivity index (χ1v) is 7.43. The number of ether oxygens (including phenoxy) is 1. The second kappa shape index (κ2) is 6.82. The van der Waals surface area contributed by atoms with E-state index in [0.29, 0.717) is 22.3 Å². The lowest BCUT2D eigenvalue weighted by molar-refractivity contribution is 0.181. The van der Waals surface area contributed by atoms with Gasteiger partial charge in [-0.3, -0.25) is 0 Å². The Morgan fingerprint density at radius 1 is 1.26 bits per heavy atom. The lowest BCUT2D eigenvalue weighted by Gasteiger charge is -2.27. The highest BCUT2D eigenvalue weighted by molar-refractivity contribution is 6.32. The van der Waals surface area contributed by atoms with Crippen molar-refractivity contribution in [1.82, 2.24) is 0 Å². The molecule has 1 aromatic carbocycles. The van der Waals surface area contributed by atoms with Crippen molar-refractivity contribution in [1.29, 1.82) is 5.26 Å². The number of nitrogens with zero attached hydrogens (tertiary/aromatic N) is 1. The van der Waals surface area contributed by atoms with Gasteiger partial charge in [0, 0.05) is 0 Å². The van der Waals surface area contributed by atoms with Gasteiger partial charge in [0.1, 0.15) is 5.75 Å². The molecule has 0 N–H and O–H groups in total. The normalized spacial score (nSPS) is 22.8. The van der Waals surface area contributed by atoms with Crippen LogP contribution in [0.1, 0.15) is 44.6 Å². The molecule has 1 aromatic rings. The minimum absolute atomic E-state index is 0.529. The van der Waals surface area contributed by atoms with Crippen molar-refractivity contribution in [2.75, 3.05) is 6.61 Å². The van der Waals surface area contributed by atoms with Gasteiger partial charge < -0.3 is 4.74 Å². The first kappa shape index (κ1) is 14.2. The molecule has 2 nitrogen and oxygen atoms in total. The fraction of sp³-hybridized carbons (Fsp3) is 0.562. The van der Waals surface area contributed by atoms with Crippen LogP contribution in [0.2, 0.25) is 5.02 Å². The molecule has 0 heterocycles. The second-order valence-corrected chi connectivity index (χ2v) is 5.77. The van der Waals surface area contributed by atoms with Gasteiger partial charge in [0.2, 0.25) is 0 Å². The van der Waals surface area contributed by atoms with Crippen molar-refractivity contribution in [3.8, 4) is 11.8 Å². The Balaban J connectivity index is 1.85. The number of rotatable bonds is 4. The Kier molecular flexibility index (Phi) is 5.10. The molecule has 0 aromatic heterocycles. The van der Waals surface area contributed by atoms with Gasteiger partial charge in [0.15, 0.2) is 0 Å². The van der Waals surface area contributed by atoms with Gasteiger partial charge in [-0.2, -0.15) is 5.26 Å². The highest BCUT2D eigenvalue weighted by Gasteiger charge is 2.20. The first-order valence-electron chi connectivity index (χ1n) is 7.05. The van der Waals surface area contributed by atoms with Crippen LogP contribution >= 0.6 is 11.6 Å². The molecule has 0 spiro atoms. The van der Waals surface area contributed by atoms with E-state index in [0.717, 1.165) is 12.5 Å². The van der Waals surface area contributed by atoms with Crippen LogP contribution in [0.4, 0.5) is 0 Å². The van der Waals surface area contributed by atoms with Crippen LogP contribution in [0.15, 0.2) is 18.2 Å². The van der Waals surface area contributed by atoms with Crippen molar-refractivity contribution in [3.63, 3.8) is 0 Å². The Hall–Kier alpha value is -1.20. The van der Waals surface area contributed by atoms with E-state index in [-0.39, 0.29) is 0 Å². The van der Waals surface area contributed by atoms with Crippen molar-refractivity contribution in [3.05, 3.63) is 28.8 Å². The third kappa shape index (κ3) is 3.88. The zero-order valence-electron chi connectivity index (χ0n) is 11.4. The Labute approximate surface area is 120 Å². The Bertz CT molecular complexity index is 458. The summed E-state index contributed by atoms with van der Waals surface area (Å²) in [7, 11) is 0. The van der Waals surface area contributed by atoms with Crippen LogP contribution in [0, 0.1) is 23.2 Å². The summed E-state index contributed by atoms with van der Waals surface area (Å²) in [6.45, 7) is 3.01. The van der Waals surface area contributed by atoms with Gasteiger partial charge in [0.25, 0.3) is 0 Å². The molecule has 1 saturated carbocycles. The van der Waals surface area contributed by atoms with Crippen LogP contribution in [-0.4, -0.2) is 6.61 Å². The van der Waals surface area contributed by atoms with Gasteiger partial charge in [-0.1, -0.05) is 37.8 Å². The lowest BCUT2D eigenvalue weighted by Crippen LogP contribution is -2.19. The van der Waals surface area contributed by atoms with E-state index in [1.165, 1.54) is 32.1 Å². The third-order valence-electron chi connectivity index (χ3n) is 4.08. The van der Waals surface area contributed by atoms with Crippen LogP contribution in [0.3, 0.4) is 0 Å². The average molecular weight is 278 g/mol. The van der Waals surface area contributed by atoms with Crippen molar-refractivity contribution in [2.24, 2.45) is 11.8 Å². The lowest BCUT2D eigenvalue weighted by atomic mass is 9.81. The molecule has 0 unspecified atom stereocenters. The maximum atomic E-state index is 8.79. The summed E-state index contributed by atoms with van der Waals surface area (Å²) in [5, 5.41) is 9.31. The molecule has 2 rings (SSSR count). The van der Waals surface area contributed by atoms with E-state index in [1.807, 2.05) is 0 Å². The average Bonchev–Trinajstić information content (AvgIpc) is 2.46. The van der Waals surface area contributed by atoms with Crippen molar-refractivity contribution < 1.29 is 4.74 Å². The SMILES string of the molecule is CCC1CCC(COc2ccc(C#N)cc2Cl)CC1. The molecule has 0 amide bonds. The number of hydrogen-bond acceptors (Lipinski definition) is 2. The first-order chi connectivity index (χ1) is 9.22. The molecule has 19 heavy (non-hydrogen) atoms. The molecule has 102 valence electrons. The molecular formula is C16H20ClNO. The van der Waals surface area contributed by atoms with Gasteiger partial charge in [-0.15, -0.1) is 0 Å². The molecule has 3 heteroatoms. The molecule has 0 radical (unpaired) electrons. The Morgan fingerprint density at radius 3 is 2.53 bits per heavy atom. The molecule has 0 atom stereocenters. The topological polar surface area (TPSA) is 33.0 Å².